The molecule has 25 heavy (non-hydrogen) atoms. The third-order valence-electron chi connectivity index (χ3n) is 4.53. The number of anilines is 1. The number of nitrogens with one attached hydrogen (secondary N) is 1. The molecule has 0 bridgehead atoms. The molecule has 0 radical (unpaired) electrons. The molecule has 6 heteroatoms. The zero-order valence-corrected chi connectivity index (χ0v) is 14.6. The van der Waals surface area contributed by atoms with Crippen LogP contribution >= 0.6 is 11.3 Å². The highest BCUT2D eigenvalue weighted by Crippen LogP contribution is 2.36. The Morgan fingerprint density at radius 2 is 2.16 bits per heavy atom. The molecule has 2 aromatic carbocycles. The number of thiazole rings is 1. The smallest absolute Gasteiger partial charge is 0.315 e. The van der Waals surface area contributed by atoms with Gasteiger partial charge in [0.15, 0.2) is 0 Å². The van der Waals surface area contributed by atoms with Gasteiger partial charge in [-0.25, -0.2) is 14.2 Å². The molecule has 0 spiro atoms. The molecule has 3 aromatic rings. The third kappa shape index (κ3) is 3.09. The van der Waals surface area contributed by atoms with Crippen molar-refractivity contribution < 1.29 is 9.18 Å². The number of fused-ring (bicyclic) bond motifs is 1. The van der Waals surface area contributed by atoms with Crippen molar-refractivity contribution in [2.24, 2.45) is 0 Å². The van der Waals surface area contributed by atoms with E-state index in [1.54, 1.807) is 35.3 Å². The first-order chi connectivity index (χ1) is 12.1. The number of para-hydroxylation sites is 1. The fourth-order valence-electron chi connectivity index (χ4n) is 3.16. The highest BCUT2D eigenvalue weighted by atomic mass is 32.1. The topological polar surface area (TPSA) is 45.2 Å². The molecule has 1 saturated heterocycles. The molecule has 4 rings (SSSR count). The van der Waals surface area contributed by atoms with E-state index >= 15 is 0 Å². The van der Waals surface area contributed by atoms with Crippen molar-refractivity contribution in [1.82, 2.24) is 9.88 Å². The maximum absolute atomic E-state index is 13.7. The minimum atomic E-state index is -0.318. The monoisotopic (exact) mass is 355 g/mol. The second kappa shape index (κ2) is 6.44. The van der Waals surface area contributed by atoms with Crippen molar-refractivity contribution in [2.45, 2.75) is 25.8 Å². The van der Waals surface area contributed by atoms with E-state index in [9.17, 15) is 9.18 Å². The Balaban J connectivity index is 1.56. The molecule has 1 fully saturated rings. The van der Waals surface area contributed by atoms with Gasteiger partial charge in [0.2, 0.25) is 0 Å². The first-order valence-electron chi connectivity index (χ1n) is 8.31. The van der Waals surface area contributed by atoms with E-state index in [4.69, 9.17) is 4.98 Å². The molecule has 1 aromatic heterocycles. The van der Waals surface area contributed by atoms with Gasteiger partial charge in [-0.2, -0.15) is 0 Å². The first-order valence-corrected chi connectivity index (χ1v) is 9.13. The normalized spacial score (nSPS) is 17.2. The van der Waals surface area contributed by atoms with Crippen molar-refractivity contribution >= 4 is 33.3 Å². The van der Waals surface area contributed by atoms with Gasteiger partial charge in [-0.15, -0.1) is 11.3 Å². The summed E-state index contributed by atoms with van der Waals surface area (Å²) < 4.78 is 14.8. The van der Waals surface area contributed by atoms with Gasteiger partial charge >= 0.3 is 6.03 Å². The lowest BCUT2D eigenvalue weighted by Crippen LogP contribution is -2.34. The SMILES string of the molecule is Cc1ccc(NC(=O)N2CCCC2c2nc3ccccc3s2)cc1F. The minimum absolute atomic E-state index is 0.0207. The van der Waals surface area contributed by atoms with Crippen molar-refractivity contribution in [2.75, 3.05) is 11.9 Å². The lowest BCUT2D eigenvalue weighted by molar-refractivity contribution is 0.207. The summed E-state index contributed by atoms with van der Waals surface area (Å²) in [7, 11) is 0. The average Bonchev–Trinajstić information content (AvgIpc) is 3.24. The van der Waals surface area contributed by atoms with Crippen LogP contribution in [0.25, 0.3) is 10.2 Å². The standard InChI is InChI=1S/C19H18FN3OS/c1-12-8-9-13(11-14(12)20)21-19(24)23-10-4-6-16(23)18-22-15-5-2-3-7-17(15)25-18/h2-3,5,7-9,11,16H,4,6,10H2,1H3,(H,21,24). The molecular weight excluding hydrogens is 337 g/mol. The molecule has 1 N–H and O–H groups in total. The van der Waals surface area contributed by atoms with Crippen molar-refractivity contribution in [1.29, 1.82) is 0 Å². The van der Waals surface area contributed by atoms with E-state index in [-0.39, 0.29) is 17.9 Å². The highest BCUT2D eigenvalue weighted by Gasteiger charge is 2.32. The van der Waals surface area contributed by atoms with Gasteiger partial charge in [0.05, 0.1) is 16.3 Å². The average molecular weight is 355 g/mol. The van der Waals surface area contributed by atoms with Crippen LogP contribution in [0.5, 0.6) is 0 Å². The van der Waals surface area contributed by atoms with Crippen molar-refractivity contribution in [3.05, 3.63) is 58.9 Å². The minimum Gasteiger partial charge on any atom is -0.315 e. The molecule has 1 aliphatic rings. The second-order valence-electron chi connectivity index (χ2n) is 6.27. The zero-order chi connectivity index (χ0) is 17.4. The Morgan fingerprint density at radius 3 is 2.96 bits per heavy atom. The Morgan fingerprint density at radius 1 is 1.32 bits per heavy atom. The predicted molar refractivity (Wildman–Crippen MR) is 98.5 cm³/mol. The Bertz CT molecular complexity index is 906. The molecule has 0 aliphatic carbocycles. The fourth-order valence-corrected chi connectivity index (χ4v) is 4.28. The number of aromatic nitrogens is 1. The number of carbonyl (C=O) groups excluding carboxylic acids is 1. The van der Waals surface area contributed by atoms with Crippen LogP contribution in [0.3, 0.4) is 0 Å². The fraction of sp³-hybridized carbons (Fsp3) is 0.263. The molecule has 2 heterocycles. The number of aryl methyl sites for hydroxylation is 1. The number of benzene rings is 2. The van der Waals surface area contributed by atoms with Crippen molar-refractivity contribution in [3.8, 4) is 0 Å². The number of urea groups is 1. The van der Waals surface area contributed by atoms with Gasteiger partial charge in [-0.3, -0.25) is 0 Å². The van der Waals surface area contributed by atoms with Crippen LogP contribution in [-0.4, -0.2) is 22.5 Å². The van der Waals surface area contributed by atoms with Crippen LogP contribution in [0, 0.1) is 12.7 Å². The van der Waals surface area contributed by atoms with Crippen LogP contribution < -0.4 is 5.32 Å². The van der Waals surface area contributed by atoms with Gasteiger partial charge < -0.3 is 10.2 Å². The molecular formula is C19H18FN3OS. The van der Waals surface area contributed by atoms with Crippen LogP contribution in [0.2, 0.25) is 0 Å². The summed E-state index contributed by atoms with van der Waals surface area (Å²) in [6.45, 7) is 2.38. The summed E-state index contributed by atoms with van der Waals surface area (Å²) in [5, 5.41) is 3.77. The number of hydrogen-bond acceptors (Lipinski definition) is 3. The van der Waals surface area contributed by atoms with Gasteiger partial charge in [-0.05, 0) is 49.6 Å². The molecule has 2 amide bonds. The van der Waals surface area contributed by atoms with Gasteiger partial charge in [0.1, 0.15) is 10.8 Å². The van der Waals surface area contributed by atoms with Crippen LogP contribution in [0.1, 0.15) is 29.5 Å². The Hall–Kier alpha value is -2.47. The highest BCUT2D eigenvalue weighted by molar-refractivity contribution is 7.18. The number of amides is 2. The van der Waals surface area contributed by atoms with E-state index in [2.05, 4.69) is 5.32 Å². The molecule has 0 saturated carbocycles. The Labute approximate surface area is 149 Å². The number of halogens is 1. The summed E-state index contributed by atoms with van der Waals surface area (Å²) in [5.41, 5.74) is 2.00. The van der Waals surface area contributed by atoms with Gasteiger partial charge in [-0.1, -0.05) is 18.2 Å². The number of carbonyl (C=O) groups is 1. The number of likely N-dealkylation sites (tertiary alicyclic amines) is 1. The number of nitrogens with zero attached hydrogens (tertiary/aromatic N) is 2. The zero-order valence-electron chi connectivity index (χ0n) is 13.8. The maximum Gasteiger partial charge on any atom is 0.322 e. The molecule has 4 nitrogen and oxygen atoms in total. The van der Waals surface area contributed by atoms with E-state index in [0.717, 1.165) is 28.1 Å². The predicted octanol–water partition coefficient (Wildman–Crippen LogP) is 5.11. The first kappa shape index (κ1) is 16.0. The largest absolute Gasteiger partial charge is 0.322 e. The maximum atomic E-state index is 13.7. The lowest BCUT2D eigenvalue weighted by atomic mass is 10.2. The number of hydrogen-bond donors (Lipinski definition) is 1. The van der Waals surface area contributed by atoms with E-state index < -0.39 is 0 Å². The summed E-state index contributed by atoms with van der Waals surface area (Å²) >= 11 is 1.63. The molecule has 1 aliphatic heterocycles. The molecule has 1 atom stereocenters. The van der Waals surface area contributed by atoms with E-state index in [1.165, 1.54) is 6.07 Å². The Kier molecular flexibility index (Phi) is 4.13. The van der Waals surface area contributed by atoms with Crippen molar-refractivity contribution in [3.63, 3.8) is 0 Å². The lowest BCUT2D eigenvalue weighted by Gasteiger charge is -2.23. The molecule has 128 valence electrons. The summed E-state index contributed by atoms with van der Waals surface area (Å²) in [5.74, 6) is -0.318. The molecule has 1 unspecified atom stereocenters. The quantitative estimate of drug-likeness (QED) is 0.694. The van der Waals surface area contributed by atoms with Gasteiger partial charge in [0, 0.05) is 12.2 Å². The summed E-state index contributed by atoms with van der Waals surface area (Å²) in [6, 6.07) is 12.5. The summed E-state index contributed by atoms with van der Waals surface area (Å²) in [4.78, 5) is 19.2. The third-order valence-corrected chi connectivity index (χ3v) is 5.67. The van der Waals surface area contributed by atoms with E-state index in [0.29, 0.717) is 17.8 Å². The number of rotatable bonds is 2. The summed E-state index contributed by atoms with van der Waals surface area (Å²) in [6.07, 6.45) is 1.84. The van der Waals surface area contributed by atoms with E-state index in [1.807, 2.05) is 24.3 Å². The van der Waals surface area contributed by atoms with Crippen LogP contribution in [-0.2, 0) is 0 Å². The van der Waals surface area contributed by atoms with Gasteiger partial charge in [0.25, 0.3) is 0 Å². The van der Waals surface area contributed by atoms with Crippen LogP contribution in [0.15, 0.2) is 42.5 Å². The second-order valence-corrected chi connectivity index (χ2v) is 7.33. The van der Waals surface area contributed by atoms with Crippen LogP contribution in [0.4, 0.5) is 14.9 Å².